The van der Waals surface area contributed by atoms with E-state index in [4.69, 9.17) is 4.18 Å². The van der Waals surface area contributed by atoms with Gasteiger partial charge in [0.05, 0.1) is 11.3 Å². The molecule has 0 amide bonds. The van der Waals surface area contributed by atoms with Crippen LogP contribution in [0.15, 0.2) is 47.4 Å². The number of aliphatic carboxylic acids is 1. The van der Waals surface area contributed by atoms with Crippen molar-refractivity contribution < 1.29 is 39.3 Å². The van der Waals surface area contributed by atoms with Crippen LogP contribution in [0, 0.1) is 6.92 Å². The Kier molecular flexibility index (Phi) is 7.29. The van der Waals surface area contributed by atoms with Gasteiger partial charge in [0.1, 0.15) is 33.8 Å². The van der Waals surface area contributed by atoms with E-state index >= 15 is 0 Å². The monoisotopic (exact) mass is 516 g/mol. The van der Waals surface area contributed by atoms with E-state index in [1.54, 1.807) is 0 Å². The van der Waals surface area contributed by atoms with E-state index in [2.05, 4.69) is 5.32 Å². The minimum absolute atomic E-state index is 0.0897. The second-order valence-corrected chi connectivity index (χ2v) is 10.4. The second-order valence-electron chi connectivity index (χ2n) is 6.93. The summed E-state index contributed by atoms with van der Waals surface area (Å²) in [5.41, 5.74) is 0.817. The number of hydrogen-bond donors (Lipinski definition) is 4. The highest BCUT2D eigenvalue weighted by atomic mass is 32.2. The van der Waals surface area contributed by atoms with Crippen LogP contribution in [0.2, 0.25) is 0 Å². The number of anilines is 1. The van der Waals surface area contributed by atoms with Crippen molar-refractivity contribution in [2.45, 2.75) is 24.1 Å². The summed E-state index contributed by atoms with van der Waals surface area (Å²) in [5, 5.41) is 12.0. The van der Waals surface area contributed by atoms with E-state index in [-0.39, 0.29) is 38.7 Å². The fourth-order valence-corrected chi connectivity index (χ4v) is 5.62. The average molecular weight is 517 g/mol. The van der Waals surface area contributed by atoms with E-state index in [9.17, 15) is 35.2 Å². The van der Waals surface area contributed by atoms with Gasteiger partial charge in [-0.05, 0) is 31.2 Å². The number of rotatable bonds is 10. The van der Waals surface area contributed by atoms with Crippen LogP contribution in [0.3, 0.4) is 0 Å². The molecular formula is C19H20N2O9S3. The molecule has 2 N–H and O–H groups in total. The van der Waals surface area contributed by atoms with Gasteiger partial charge in [-0.2, -0.15) is 8.42 Å². The third kappa shape index (κ3) is 5.64. The minimum atomic E-state index is -4.55. The molecule has 0 unspecified atom stereocenters. The van der Waals surface area contributed by atoms with Crippen molar-refractivity contribution in [2.24, 2.45) is 0 Å². The summed E-state index contributed by atoms with van der Waals surface area (Å²) in [7, 11) is -10.1. The molecule has 0 fully saturated rings. The summed E-state index contributed by atoms with van der Waals surface area (Å²) >= 11 is 0. The maximum Gasteiger partial charge on any atom is 0.341 e. The number of para-hydroxylation sites is 1. The molecule has 33 heavy (non-hydrogen) atoms. The maximum atomic E-state index is 13.3. The lowest BCUT2D eigenvalue weighted by atomic mass is 10.2. The van der Waals surface area contributed by atoms with Crippen molar-refractivity contribution in [1.29, 1.82) is 0 Å². The van der Waals surface area contributed by atoms with Gasteiger partial charge >= 0.3 is 16.1 Å². The Bertz CT molecular complexity index is 1470. The number of aromatic nitrogens is 1. The molecule has 1 aromatic heterocycles. The van der Waals surface area contributed by atoms with E-state index in [1.807, 2.05) is 0 Å². The molecule has 2 aromatic carbocycles. The summed E-state index contributed by atoms with van der Waals surface area (Å²) in [5.74, 6) is -2.18. The quantitative estimate of drug-likeness (QED) is 0.225. The van der Waals surface area contributed by atoms with Gasteiger partial charge in [0.15, 0.2) is 10.7 Å². The smallest absolute Gasteiger partial charge is 0.341 e. The maximum absolute atomic E-state index is 13.3. The molecule has 0 saturated carbocycles. The number of nitrogens with zero attached hydrogens (tertiary/aromatic N) is 1. The van der Waals surface area contributed by atoms with Gasteiger partial charge in [-0.3, -0.25) is 4.79 Å². The van der Waals surface area contributed by atoms with E-state index < -0.39 is 49.8 Å². The highest BCUT2D eigenvalue weighted by molar-refractivity contribution is 7.87. The minimum Gasteiger partial charge on any atom is -0.480 e. The molecule has 0 atom stereocenters. The fourth-order valence-electron chi connectivity index (χ4n) is 3.39. The highest BCUT2D eigenvalue weighted by Gasteiger charge is 2.29. The molecule has 14 heteroatoms. The van der Waals surface area contributed by atoms with Crippen LogP contribution in [0.4, 0.5) is 5.69 Å². The Labute approximate surface area is 192 Å². The molecule has 0 radical (unpaired) electrons. The topological polar surface area (TPSA) is 166 Å². The molecule has 0 spiro atoms. The molecule has 178 valence electrons. The van der Waals surface area contributed by atoms with Crippen molar-refractivity contribution in [3.05, 3.63) is 53.7 Å². The molecule has 1 heterocycles. The third-order valence-corrected chi connectivity index (χ3v) is 7.12. The Hall–Kier alpha value is -3.10. The first-order valence-corrected chi connectivity index (χ1v) is 13.5. The molecule has 0 aliphatic carbocycles. The van der Waals surface area contributed by atoms with Crippen LogP contribution < -0.4 is 9.50 Å². The largest absolute Gasteiger partial charge is 0.480 e. The van der Waals surface area contributed by atoms with Crippen molar-refractivity contribution in [1.82, 2.24) is 4.57 Å². The lowest BCUT2D eigenvalue weighted by molar-refractivity contribution is -0.137. The molecule has 0 saturated heterocycles. The number of carbonyl (C=O) groups is 1. The molecular weight excluding hydrogens is 496 g/mol. The number of nitrogens with one attached hydrogen (secondary N) is 1. The Morgan fingerprint density at radius 2 is 1.79 bits per heavy atom. The summed E-state index contributed by atoms with van der Waals surface area (Å²) in [4.78, 5) is 11.1. The zero-order chi connectivity index (χ0) is 24.3. The summed E-state index contributed by atoms with van der Waals surface area (Å²) in [6.07, 6.45) is 0. The van der Waals surface area contributed by atoms with Crippen LogP contribution in [-0.4, -0.2) is 46.8 Å². The number of carboxylic acids is 1. The number of thiol groups is 2. The lowest BCUT2D eigenvalue weighted by Gasteiger charge is -2.11. The van der Waals surface area contributed by atoms with Crippen molar-refractivity contribution in [3.63, 3.8) is 0 Å². The zero-order valence-corrected chi connectivity index (χ0v) is 19.7. The third-order valence-electron chi connectivity index (χ3n) is 4.69. The normalized spacial score (nSPS) is 11.8. The van der Waals surface area contributed by atoms with Gasteiger partial charge in [0.2, 0.25) is 0 Å². The van der Waals surface area contributed by atoms with Gasteiger partial charge in [0, 0.05) is 22.3 Å². The average Bonchev–Trinajstić information content (AvgIpc) is 2.98. The van der Waals surface area contributed by atoms with Gasteiger partial charge in [0.25, 0.3) is 0 Å². The fraction of sp³-hybridized carbons (Fsp3) is 0.211. The standard InChI is InChI=1S/C19H20N2O9S3/c1-12-19(33(28,29)30-17-5-3-2-4-13(17)10-31(24)25)15-8-14(20-11-32(26)27)6-7-16(15)21(12)9-18(22)23/h2-8,20,31-32H,9-11H2,1H3,(H,22,23). The molecule has 3 aromatic rings. The van der Waals surface area contributed by atoms with Crippen LogP contribution in [-0.2, 0) is 48.6 Å². The molecule has 3 rings (SSSR count). The van der Waals surface area contributed by atoms with Crippen molar-refractivity contribution in [3.8, 4) is 5.75 Å². The lowest BCUT2D eigenvalue weighted by Crippen LogP contribution is -2.14. The first-order valence-electron chi connectivity index (χ1n) is 9.34. The molecule has 0 aliphatic rings. The summed E-state index contributed by atoms with van der Waals surface area (Å²) in [6.45, 7) is 0.894. The van der Waals surface area contributed by atoms with Crippen LogP contribution in [0.25, 0.3) is 10.9 Å². The summed E-state index contributed by atoms with van der Waals surface area (Å²) in [6, 6.07) is 10.1. The second kappa shape index (κ2) is 9.80. The molecule has 11 nitrogen and oxygen atoms in total. The number of carboxylic acid groups (broad SMARTS) is 1. The van der Waals surface area contributed by atoms with Crippen molar-refractivity contribution in [2.75, 3.05) is 11.2 Å². The Balaban J connectivity index is 2.18. The number of benzene rings is 2. The number of hydrogen-bond acceptors (Lipinski definition) is 9. The molecule has 0 aliphatic heterocycles. The van der Waals surface area contributed by atoms with E-state index in [0.29, 0.717) is 5.69 Å². The first-order chi connectivity index (χ1) is 15.5. The Morgan fingerprint density at radius 1 is 1.09 bits per heavy atom. The van der Waals surface area contributed by atoms with Crippen LogP contribution >= 0.6 is 0 Å². The van der Waals surface area contributed by atoms with Crippen LogP contribution in [0.1, 0.15) is 11.3 Å². The van der Waals surface area contributed by atoms with Crippen molar-refractivity contribution >= 4 is 54.1 Å². The SMILES string of the molecule is Cc1c(S(=O)(=O)Oc2ccccc2C[SH](=O)=O)c2cc(NC[SH](=O)=O)ccc2n1CC(=O)O. The predicted molar refractivity (Wildman–Crippen MR) is 121 cm³/mol. The predicted octanol–water partition coefficient (Wildman–Crippen LogP) is 0.894. The van der Waals surface area contributed by atoms with Gasteiger partial charge < -0.3 is 19.2 Å². The first kappa shape index (κ1) is 24.5. The Morgan fingerprint density at radius 3 is 2.42 bits per heavy atom. The molecule has 0 bridgehead atoms. The zero-order valence-electron chi connectivity index (χ0n) is 17.1. The summed E-state index contributed by atoms with van der Waals surface area (Å²) < 4.78 is 77.3. The van der Waals surface area contributed by atoms with Gasteiger partial charge in [-0.1, -0.05) is 18.2 Å². The van der Waals surface area contributed by atoms with Gasteiger partial charge in [-0.15, -0.1) is 0 Å². The van der Waals surface area contributed by atoms with E-state index in [0.717, 1.165) is 0 Å². The van der Waals surface area contributed by atoms with Gasteiger partial charge in [-0.25, -0.2) is 16.8 Å². The highest BCUT2D eigenvalue weighted by Crippen LogP contribution is 2.34. The van der Waals surface area contributed by atoms with E-state index in [1.165, 1.54) is 54.0 Å². The number of fused-ring (bicyclic) bond motifs is 1. The van der Waals surface area contributed by atoms with Crippen LogP contribution in [0.5, 0.6) is 5.75 Å².